The highest BCUT2D eigenvalue weighted by Crippen LogP contribution is 2.41. The molecule has 4 rings (SSSR count). The Morgan fingerprint density at radius 2 is 1.90 bits per heavy atom. The van der Waals surface area contributed by atoms with E-state index in [0.29, 0.717) is 0 Å². The summed E-state index contributed by atoms with van der Waals surface area (Å²) in [6.45, 7) is -0.131. The van der Waals surface area contributed by atoms with Gasteiger partial charge in [0.15, 0.2) is 0 Å². The Hall–Kier alpha value is -2.32. The van der Waals surface area contributed by atoms with Gasteiger partial charge in [-0.15, -0.1) is 0 Å². The van der Waals surface area contributed by atoms with Crippen LogP contribution in [-0.2, 0) is 0 Å². The summed E-state index contributed by atoms with van der Waals surface area (Å²) in [4.78, 5) is 14.4. The summed E-state index contributed by atoms with van der Waals surface area (Å²) < 4.78 is 0. The molecule has 2 fully saturated rings. The van der Waals surface area contributed by atoms with Crippen LogP contribution in [0.4, 0.5) is 4.79 Å². The molecule has 1 saturated heterocycles. The maximum absolute atomic E-state index is 12.8. The third kappa shape index (κ3) is 4.04. The van der Waals surface area contributed by atoms with E-state index in [-0.39, 0.29) is 30.6 Å². The first-order valence-electron chi connectivity index (χ1n) is 11.1. The monoisotopic (exact) mass is 393 g/mol. The summed E-state index contributed by atoms with van der Waals surface area (Å²) in [5.74, 6) is -0.142. The number of rotatable bonds is 4. The lowest BCUT2D eigenvalue weighted by Crippen LogP contribution is -2.67. The second kappa shape index (κ2) is 9.00. The highest BCUT2D eigenvalue weighted by atomic mass is 16.3. The first-order chi connectivity index (χ1) is 14.2. The molecule has 5 nitrogen and oxygen atoms in total. The zero-order chi connectivity index (χ0) is 20.2. The van der Waals surface area contributed by atoms with Crippen molar-refractivity contribution in [2.45, 2.75) is 81.8 Å². The number of carbonyl (C=O) groups is 1. The number of aliphatic hydroxyl groups excluding tert-OH is 1. The average Bonchev–Trinajstić information content (AvgIpc) is 2.75. The molecule has 0 unspecified atom stereocenters. The second-order valence-corrected chi connectivity index (χ2v) is 8.64. The molecule has 1 heterocycles. The third-order valence-electron chi connectivity index (χ3n) is 6.86. The van der Waals surface area contributed by atoms with E-state index in [1.54, 1.807) is 4.90 Å². The number of urea groups is 1. The van der Waals surface area contributed by atoms with Gasteiger partial charge in [-0.05, 0) is 55.2 Å². The molecular weight excluding hydrogens is 362 g/mol. The third-order valence-corrected chi connectivity index (χ3v) is 6.86. The van der Waals surface area contributed by atoms with Crippen LogP contribution in [0.5, 0.6) is 0 Å². The molecule has 2 N–H and O–H groups in total. The number of carbonyl (C=O) groups excluding carboxylic acids is 1. The molecule has 1 aromatic rings. The number of aliphatic hydroxyl groups is 1. The number of allylic oxidation sites excluding steroid dienone is 2. The van der Waals surface area contributed by atoms with Gasteiger partial charge in [0.25, 0.3) is 0 Å². The number of nitriles is 1. The summed E-state index contributed by atoms with van der Waals surface area (Å²) in [5, 5.41) is 22.8. The van der Waals surface area contributed by atoms with E-state index in [1.807, 2.05) is 0 Å². The van der Waals surface area contributed by atoms with Crippen LogP contribution in [-0.4, -0.2) is 40.8 Å². The van der Waals surface area contributed by atoms with Crippen molar-refractivity contribution in [1.82, 2.24) is 10.2 Å². The summed E-state index contributed by atoms with van der Waals surface area (Å²) >= 11 is 0. The molecule has 5 heteroatoms. The number of nitrogens with one attached hydrogen (secondary N) is 1. The molecule has 2 amide bonds. The Kier molecular flexibility index (Phi) is 6.20. The molecule has 1 aromatic carbocycles. The Morgan fingerprint density at radius 3 is 2.52 bits per heavy atom. The van der Waals surface area contributed by atoms with Crippen LogP contribution in [0.15, 0.2) is 30.3 Å². The predicted octanol–water partition coefficient (Wildman–Crippen LogP) is 4.34. The summed E-state index contributed by atoms with van der Waals surface area (Å²) in [6.07, 6.45) is 12.6. The minimum Gasteiger partial charge on any atom is -0.394 e. The molecule has 0 bridgehead atoms. The standard InChI is InChI=1S/C24H31N3O2/c25-15-21-23(19-13-11-18(12-14-19)17-7-3-1-4-8-17)22(16-28)27(21)24(29)26-20-9-5-2-6-10-20/h7,11-14,20-23,28H,1-6,8-10,16H2,(H,26,29)/t21-,22+,23-/m1/s1. The van der Waals surface area contributed by atoms with Crippen molar-refractivity contribution in [3.05, 3.63) is 41.5 Å². The predicted molar refractivity (Wildman–Crippen MR) is 113 cm³/mol. The molecule has 154 valence electrons. The molecule has 0 radical (unpaired) electrons. The Bertz CT molecular complexity index is 789. The lowest BCUT2D eigenvalue weighted by molar-refractivity contribution is 0.0153. The molecule has 2 aliphatic carbocycles. The van der Waals surface area contributed by atoms with Crippen LogP contribution < -0.4 is 5.32 Å². The lowest BCUT2D eigenvalue weighted by Gasteiger charge is -2.51. The number of likely N-dealkylation sites (tertiary alicyclic amines) is 1. The van der Waals surface area contributed by atoms with Crippen LogP contribution in [0, 0.1) is 11.3 Å². The lowest BCUT2D eigenvalue weighted by atomic mass is 9.75. The summed E-state index contributed by atoms with van der Waals surface area (Å²) in [5.41, 5.74) is 3.67. The largest absolute Gasteiger partial charge is 0.394 e. The van der Waals surface area contributed by atoms with Crippen LogP contribution in [0.3, 0.4) is 0 Å². The summed E-state index contributed by atoms with van der Waals surface area (Å²) in [6, 6.07) is 9.80. The van der Waals surface area contributed by atoms with Gasteiger partial charge in [-0.1, -0.05) is 49.6 Å². The number of hydrogen-bond donors (Lipinski definition) is 2. The number of benzene rings is 1. The first kappa shape index (κ1) is 20.0. The maximum Gasteiger partial charge on any atom is 0.319 e. The van der Waals surface area contributed by atoms with Gasteiger partial charge in [-0.2, -0.15) is 5.26 Å². The smallest absolute Gasteiger partial charge is 0.319 e. The van der Waals surface area contributed by atoms with Gasteiger partial charge in [0.2, 0.25) is 0 Å². The fraction of sp³-hybridized carbons (Fsp3) is 0.583. The van der Waals surface area contributed by atoms with Crippen LogP contribution in [0.1, 0.15) is 74.8 Å². The molecule has 29 heavy (non-hydrogen) atoms. The van der Waals surface area contributed by atoms with Crippen molar-refractivity contribution >= 4 is 11.6 Å². The number of nitrogens with zero attached hydrogens (tertiary/aromatic N) is 2. The van der Waals surface area contributed by atoms with Crippen LogP contribution in [0.2, 0.25) is 0 Å². The van der Waals surface area contributed by atoms with Crippen LogP contribution in [0.25, 0.3) is 5.57 Å². The normalized spacial score (nSPS) is 27.5. The van der Waals surface area contributed by atoms with Crippen molar-refractivity contribution in [3.63, 3.8) is 0 Å². The van der Waals surface area contributed by atoms with Gasteiger partial charge in [0, 0.05) is 12.0 Å². The Morgan fingerprint density at radius 1 is 1.14 bits per heavy atom. The topological polar surface area (TPSA) is 76.4 Å². The van der Waals surface area contributed by atoms with Gasteiger partial charge < -0.3 is 15.3 Å². The van der Waals surface area contributed by atoms with Gasteiger partial charge in [-0.25, -0.2) is 4.79 Å². The van der Waals surface area contributed by atoms with E-state index in [0.717, 1.165) is 44.1 Å². The zero-order valence-corrected chi connectivity index (χ0v) is 17.0. The minimum absolute atomic E-state index is 0.131. The van der Waals surface area contributed by atoms with E-state index in [9.17, 15) is 15.2 Å². The average molecular weight is 394 g/mol. The van der Waals surface area contributed by atoms with Crippen molar-refractivity contribution in [2.75, 3.05) is 6.61 Å². The molecule has 1 saturated carbocycles. The van der Waals surface area contributed by atoms with Gasteiger partial charge in [-0.3, -0.25) is 0 Å². The summed E-state index contributed by atoms with van der Waals surface area (Å²) in [7, 11) is 0. The highest BCUT2D eigenvalue weighted by Gasteiger charge is 2.52. The van der Waals surface area contributed by atoms with E-state index >= 15 is 0 Å². The Balaban J connectivity index is 1.47. The molecule has 0 spiro atoms. The quantitative estimate of drug-likeness (QED) is 0.799. The zero-order valence-electron chi connectivity index (χ0n) is 17.0. The van der Waals surface area contributed by atoms with E-state index in [4.69, 9.17) is 0 Å². The molecular formula is C24H31N3O2. The molecule has 3 aliphatic rings. The van der Waals surface area contributed by atoms with Gasteiger partial charge in [0.05, 0.1) is 18.7 Å². The van der Waals surface area contributed by atoms with E-state index in [2.05, 4.69) is 41.7 Å². The molecule has 0 aromatic heterocycles. The first-order valence-corrected chi connectivity index (χ1v) is 11.1. The Labute approximate surface area is 173 Å². The second-order valence-electron chi connectivity index (χ2n) is 8.64. The van der Waals surface area contributed by atoms with Crippen LogP contribution >= 0.6 is 0 Å². The fourth-order valence-electron chi connectivity index (χ4n) is 5.20. The van der Waals surface area contributed by atoms with Crippen molar-refractivity contribution in [2.24, 2.45) is 0 Å². The van der Waals surface area contributed by atoms with E-state index in [1.165, 1.54) is 30.4 Å². The fourth-order valence-corrected chi connectivity index (χ4v) is 5.20. The van der Waals surface area contributed by atoms with Crippen molar-refractivity contribution < 1.29 is 9.90 Å². The number of amides is 2. The van der Waals surface area contributed by atoms with Gasteiger partial charge >= 0.3 is 6.03 Å². The SMILES string of the molecule is N#C[C@@H]1[C@@H](c2ccc(C3=CCCCC3)cc2)[C@H](CO)N1C(=O)NC1CCCCC1. The highest BCUT2D eigenvalue weighted by molar-refractivity contribution is 5.78. The van der Waals surface area contributed by atoms with Crippen molar-refractivity contribution in [1.29, 1.82) is 5.26 Å². The molecule has 3 atom stereocenters. The van der Waals surface area contributed by atoms with E-state index < -0.39 is 6.04 Å². The maximum atomic E-state index is 12.8. The molecule has 1 aliphatic heterocycles. The number of hydrogen-bond acceptors (Lipinski definition) is 3. The minimum atomic E-state index is -0.532. The van der Waals surface area contributed by atoms with Crippen molar-refractivity contribution in [3.8, 4) is 6.07 Å². The van der Waals surface area contributed by atoms with Gasteiger partial charge in [0.1, 0.15) is 6.04 Å².